The molecule has 10 heteroatoms. The summed E-state index contributed by atoms with van der Waals surface area (Å²) in [4.78, 5) is 38.7. The van der Waals surface area contributed by atoms with E-state index >= 15 is 0 Å². The van der Waals surface area contributed by atoms with Gasteiger partial charge in [0.15, 0.2) is 0 Å². The van der Waals surface area contributed by atoms with Crippen LogP contribution in [0.25, 0.3) is 6.08 Å². The van der Waals surface area contributed by atoms with Gasteiger partial charge in [0.05, 0.1) is 21.3 Å². The number of nitro groups is 1. The Morgan fingerprint density at radius 1 is 1.06 bits per heavy atom. The van der Waals surface area contributed by atoms with Crippen LogP contribution in [0, 0.1) is 15.9 Å². The van der Waals surface area contributed by atoms with Crippen LogP contribution < -0.4 is 0 Å². The van der Waals surface area contributed by atoms with Crippen molar-refractivity contribution in [3.05, 3.63) is 104 Å². The summed E-state index contributed by atoms with van der Waals surface area (Å²) in [5, 5.41) is 11.7. The van der Waals surface area contributed by atoms with Crippen molar-refractivity contribution in [2.24, 2.45) is 0 Å². The monoisotopic (exact) mass is 500 g/mol. The topological polar surface area (TPSA) is 80.5 Å². The number of carbonyl (C=O) groups is 2. The van der Waals surface area contributed by atoms with Gasteiger partial charge in [0.25, 0.3) is 16.8 Å². The zero-order valence-corrected chi connectivity index (χ0v) is 19.1. The predicted octanol–water partition coefficient (Wildman–Crippen LogP) is 6.78. The first-order valence-electron chi connectivity index (χ1n) is 9.52. The van der Waals surface area contributed by atoms with E-state index in [1.165, 1.54) is 48.2 Å². The van der Waals surface area contributed by atoms with Crippen LogP contribution in [-0.2, 0) is 11.3 Å². The summed E-state index contributed by atoms with van der Waals surface area (Å²) in [5.41, 5.74) is 0.919. The fourth-order valence-electron chi connectivity index (χ4n) is 3.04. The van der Waals surface area contributed by atoms with E-state index < -0.39 is 21.9 Å². The van der Waals surface area contributed by atoms with Gasteiger partial charge in [-0.1, -0.05) is 41.6 Å². The predicted molar refractivity (Wildman–Crippen MR) is 127 cm³/mol. The number of amides is 2. The molecule has 4 rings (SSSR count). The lowest BCUT2D eigenvalue weighted by molar-refractivity contribution is -0.387. The van der Waals surface area contributed by atoms with Gasteiger partial charge >= 0.3 is 0 Å². The van der Waals surface area contributed by atoms with Crippen LogP contribution in [-0.4, -0.2) is 21.0 Å². The van der Waals surface area contributed by atoms with Gasteiger partial charge in [-0.2, -0.15) is 0 Å². The Morgan fingerprint density at radius 2 is 1.76 bits per heavy atom. The highest BCUT2D eigenvalue weighted by atomic mass is 35.5. The maximum Gasteiger partial charge on any atom is 0.293 e. The molecule has 0 aliphatic carbocycles. The molecular formula is C23H14ClFN2O4S2. The largest absolute Gasteiger partial charge is 0.293 e. The Bertz CT molecular complexity index is 1280. The lowest BCUT2D eigenvalue weighted by Gasteiger charge is -2.12. The summed E-state index contributed by atoms with van der Waals surface area (Å²) in [7, 11) is 0. The molecule has 0 radical (unpaired) electrons. The molecule has 0 unspecified atom stereocenters. The third kappa shape index (κ3) is 5.44. The lowest BCUT2D eigenvalue weighted by atomic mass is 10.1. The Kier molecular flexibility index (Phi) is 6.83. The number of benzene rings is 3. The van der Waals surface area contributed by atoms with Crippen LogP contribution in [0.4, 0.5) is 14.9 Å². The SMILES string of the molecule is O=C1SC(=Cc2ccc(Sc3ccc(Cl)cc3)c([N+](=O)[O-])c2)C(=O)N1Cc1ccc(F)cc1. The summed E-state index contributed by atoms with van der Waals surface area (Å²) in [6.45, 7) is 0.0130. The van der Waals surface area contributed by atoms with Gasteiger partial charge < -0.3 is 0 Å². The molecule has 3 aromatic rings. The normalized spacial score (nSPS) is 14.8. The third-order valence-electron chi connectivity index (χ3n) is 4.65. The minimum atomic E-state index is -0.503. The molecule has 1 saturated heterocycles. The molecule has 0 aromatic heterocycles. The van der Waals surface area contributed by atoms with Crippen molar-refractivity contribution in [2.75, 3.05) is 0 Å². The van der Waals surface area contributed by atoms with Gasteiger partial charge in [0.1, 0.15) is 5.82 Å². The molecule has 0 saturated carbocycles. The van der Waals surface area contributed by atoms with Gasteiger partial charge in [-0.3, -0.25) is 24.6 Å². The van der Waals surface area contributed by atoms with Crippen LogP contribution >= 0.6 is 35.1 Å². The van der Waals surface area contributed by atoms with Crippen LogP contribution in [0.3, 0.4) is 0 Å². The van der Waals surface area contributed by atoms with E-state index in [0.29, 0.717) is 21.0 Å². The van der Waals surface area contributed by atoms with Gasteiger partial charge in [-0.25, -0.2) is 4.39 Å². The molecule has 33 heavy (non-hydrogen) atoms. The molecule has 0 bridgehead atoms. The van der Waals surface area contributed by atoms with Gasteiger partial charge in [-0.05, 0) is 71.4 Å². The number of carbonyl (C=O) groups excluding carboxylic acids is 2. The summed E-state index contributed by atoms with van der Waals surface area (Å²) < 4.78 is 13.1. The molecule has 0 spiro atoms. The number of halogens is 2. The Balaban J connectivity index is 1.56. The summed E-state index contributed by atoms with van der Waals surface area (Å²) in [6, 6.07) is 17.1. The van der Waals surface area contributed by atoms with Crippen molar-refractivity contribution >= 4 is 58.0 Å². The van der Waals surface area contributed by atoms with Crippen molar-refractivity contribution in [1.82, 2.24) is 4.90 Å². The maximum absolute atomic E-state index is 13.1. The third-order valence-corrected chi connectivity index (χ3v) is 6.88. The first kappa shape index (κ1) is 23.0. The van der Waals surface area contributed by atoms with E-state index in [9.17, 15) is 24.1 Å². The molecule has 6 nitrogen and oxygen atoms in total. The number of hydrogen-bond donors (Lipinski definition) is 0. The minimum Gasteiger partial charge on any atom is -0.268 e. The van der Waals surface area contributed by atoms with Crippen LogP contribution in [0.5, 0.6) is 0 Å². The number of rotatable bonds is 6. The zero-order valence-electron chi connectivity index (χ0n) is 16.7. The highest BCUT2D eigenvalue weighted by molar-refractivity contribution is 8.18. The fraction of sp³-hybridized carbons (Fsp3) is 0.0435. The van der Waals surface area contributed by atoms with E-state index in [1.54, 1.807) is 36.4 Å². The van der Waals surface area contributed by atoms with Gasteiger partial charge in [-0.15, -0.1) is 0 Å². The lowest BCUT2D eigenvalue weighted by Crippen LogP contribution is -2.27. The zero-order chi connectivity index (χ0) is 23.5. The second-order valence-corrected chi connectivity index (χ2v) is 9.48. The standard InChI is InChI=1S/C23H14ClFN2O4S2/c24-16-4-8-18(9-5-16)32-20-10-3-15(11-19(20)27(30)31)12-21-22(28)26(23(29)33-21)13-14-1-6-17(25)7-2-14/h1-12H,13H2. The van der Waals surface area contributed by atoms with Gasteiger partial charge in [0, 0.05) is 16.0 Å². The molecule has 2 amide bonds. The molecule has 1 heterocycles. The maximum atomic E-state index is 13.1. The molecule has 0 atom stereocenters. The molecular weight excluding hydrogens is 487 g/mol. The van der Waals surface area contributed by atoms with Crippen LogP contribution in [0.15, 0.2) is 81.4 Å². The molecule has 1 aliphatic rings. The first-order chi connectivity index (χ1) is 15.8. The average Bonchev–Trinajstić information content (AvgIpc) is 3.05. The Hall–Kier alpha value is -3.14. The van der Waals surface area contributed by atoms with Crippen LogP contribution in [0.1, 0.15) is 11.1 Å². The fourth-order valence-corrected chi connectivity index (χ4v) is 4.91. The molecule has 1 fully saturated rings. The van der Waals surface area contributed by atoms with E-state index in [1.807, 2.05) is 0 Å². The highest BCUT2D eigenvalue weighted by Gasteiger charge is 2.35. The van der Waals surface area contributed by atoms with E-state index in [0.717, 1.165) is 21.6 Å². The minimum absolute atomic E-state index is 0.0130. The van der Waals surface area contributed by atoms with Gasteiger partial charge in [0.2, 0.25) is 0 Å². The highest BCUT2D eigenvalue weighted by Crippen LogP contribution is 2.38. The molecule has 166 valence electrons. The van der Waals surface area contributed by atoms with Crippen molar-refractivity contribution in [2.45, 2.75) is 16.3 Å². The average molecular weight is 501 g/mol. The molecule has 0 N–H and O–H groups in total. The summed E-state index contributed by atoms with van der Waals surface area (Å²) in [6.07, 6.45) is 1.46. The molecule has 3 aromatic carbocycles. The van der Waals surface area contributed by atoms with E-state index in [4.69, 9.17) is 11.6 Å². The van der Waals surface area contributed by atoms with Crippen molar-refractivity contribution in [1.29, 1.82) is 0 Å². The Labute approximate surface area is 201 Å². The first-order valence-corrected chi connectivity index (χ1v) is 11.5. The van der Waals surface area contributed by atoms with E-state index in [2.05, 4.69) is 0 Å². The second-order valence-electron chi connectivity index (χ2n) is 6.93. The number of hydrogen-bond acceptors (Lipinski definition) is 6. The van der Waals surface area contributed by atoms with E-state index in [-0.39, 0.29) is 17.1 Å². The van der Waals surface area contributed by atoms with Crippen molar-refractivity contribution < 1.29 is 18.9 Å². The number of imide groups is 1. The van der Waals surface area contributed by atoms with Crippen LogP contribution in [0.2, 0.25) is 5.02 Å². The summed E-state index contributed by atoms with van der Waals surface area (Å²) >= 11 is 7.87. The van der Waals surface area contributed by atoms with Crippen molar-refractivity contribution in [3.8, 4) is 0 Å². The quantitative estimate of drug-likeness (QED) is 0.211. The number of thioether (sulfide) groups is 1. The number of nitrogens with zero attached hydrogens (tertiary/aromatic N) is 2. The summed E-state index contributed by atoms with van der Waals surface area (Å²) in [5.74, 6) is -0.913. The second kappa shape index (κ2) is 9.78. The number of nitro benzene ring substituents is 1. The Morgan fingerprint density at radius 3 is 2.42 bits per heavy atom. The van der Waals surface area contributed by atoms with Crippen molar-refractivity contribution in [3.63, 3.8) is 0 Å². The molecule has 1 aliphatic heterocycles. The smallest absolute Gasteiger partial charge is 0.268 e.